The van der Waals surface area contributed by atoms with E-state index in [0.29, 0.717) is 5.92 Å². The molecule has 1 rings (SSSR count). The third-order valence-corrected chi connectivity index (χ3v) is 2.94. The van der Waals surface area contributed by atoms with E-state index in [0.717, 1.165) is 26.2 Å². The Morgan fingerprint density at radius 2 is 2.33 bits per heavy atom. The van der Waals surface area contributed by atoms with E-state index in [-0.39, 0.29) is 0 Å². The fourth-order valence-electron chi connectivity index (χ4n) is 1.75. The molecule has 1 N–H and O–H groups in total. The lowest BCUT2D eigenvalue weighted by atomic mass is 10.0. The van der Waals surface area contributed by atoms with Crippen LogP contribution in [0, 0.1) is 5.92 Å². The first-order valence-electron chi connectivity index (χ1n) is 6.61. The third kappa shape index (κ3) is 4.63. The Hall–Kier alpha value is -1.13. The second-order valence-corrected chi connectivity index (χ2v) is 4.62. The van der Waals surface area contributed by atoms with Gasteiger partial charge in [0.1, 0.15) is 0 Å². The number of ether oxygens (including phenoxy) is 1. The summed E-state index contributed by atoms with van der Waals surface area (Å²) in [6, 6.07) is 2.06. The van der Waals surface area contributed by atoms with E-state index in [1.54, 1.807) is 7.11 Å². The summed E-state index contributed by atoms with van der Waals surface area (Å²) in [6.45, 7) is 9.98. The van der Waals surface area contributed by atoms with Crippen LogP contribution in [0.25, 0.3) is 6.08 Å². The number of nitrogens with one attached hydrogen (secondary N) is 1. The molecular weight excluding hydrogens is 226 g/mol. The van der Waals surface area contributed by atoms with E-state index in [2.05, 4.69) is 43.3 Å². The van der Waals surface area contributed by atoms with Gasteiger partial charge in [0.2, 0.25) is 0 Å². The molecule has 0 aromatic carbocycles. The first kappa shape index (κ1) is 14.9. The fraction of sp³-hybridized carbons (Fsp3) is 0.643. The van der Waals surface area contributed by atoms with Gasteiger partial charge in [0.15, 0.2) is 0 Å². The molecule has 0 bridgehead atoms. The molecule has 0 amide bonds. The summed E-state index contributed by atoms with van der Waals surface area (Å²) < 4.78 is 7.04. The fourth-order valence-corrected chi connectivity index (χ4v) is 1.75. The predicted molar refractivity (Wildman–Crippen MR) is 75.5 cm³/mol. The van der Waals surface area contributed by atoms with E-state index in [1.807, 2.05) is 10.9 Å². The van der Waals surface area contributed by atoms with Crippen molar-refractivity contribution in [3.05, 3.63) is 23.5 Å². The number of aryl methyl sites for hydroxylation is 1. The summed E-state index contributed by atoms with van der Waals surface area (Å²) in [6.07, 6.45) is 4.09. The SMILES string of the molecule is CCn1nccc1/C=C(/CNCCOC)C(C)C. The quantitative estimate of drug-likeness (QED) is 0.720. The van der Waals surface area contributed by atoms with Crippen molar-refractivity contribution >= 4 is 6.08 Å². The summed E-state index contributed by atoms with van der Waals surface area (Å²) in [7, 11) is 1.72. The maximum Gasteiger partial charge on any atom is 0.0609 e. The normalized spacial score (nSPS) is 12.4. The molecule has 0 aliphatic rings. The second kappa shape index (κ2) is 8.06. The number of rotatable bonds is 8. The highest BCUT2D eigenvalue weighted by Gasteiger charge is 2.05. The van der Waals surface area contributed by atoms with Crippen molar-refractivity contribution in [2.75, 3.05) is 26.8 Å². The number of hydrogen-bond donors (Lipinski definition) is 1. The predicted octanol–water partition coefficient (Wildman–Crippen LogP) is 2.18. The Labute approximate surface area is 110 Å². The summed E-state index contributed by atoms with van der Waals surface area (Å²) in [5.74, 6) is 0.528. The van der Waals surface area contributed by atoms with Crippen LogP contribution in [0.3, 0.4) is 0 Å². The van der Waals surface area contributed by atoms with Crippen LogP contribution in [0.5, 0.6) is 0 Å². The van der Waals surface area contributed by atoms with Gasteiger partial charge >= 0.3 is 0 Å². The maximum atomic E-state index is 5.03. The van der Waals surface area contributed by atoms with Gasteiger partial charge in [-0.15, -0.1) is 0 Å². The monoisotopic (exact) mass is 251 g/mol. The summed E-state index contributed by atoms with van der Waals surface area (Å²) in [5.41, 5.74) is 2.57. The standard InChI is InChI=1S/C14H25N3O/c1-5-17-14(6-7-16-17)10-13(12(2)3)11-15-8-9-18-4/h6-7,10,12,15H,5,8-9,11H2,1-4H3/b13-10-. The highest BCUT2D eigenvalue weighted by atomic mass is 16.5. The van der Waals surface area contributed by atoms with Gasteiger partial charge in [-0.2, -0.15) is 5.10 Å². The van der Waals surface area contributed by atoms with Crippen LogP contribution in [0.1, 0.15) is 26.5 Å². The largest absolute Gasteiger partial charge is 0.383 e. The second-order valence-electron chi connectivity index (χ2n) is 4.62. The summed E-state index contributed by atoms with van der Waals surface area (Å²) in [4.78, 5) is 0. The van der Waals surface area contributed by atoms with Gasteiger partial charge in [-0.3, -0.25) is 4.68 Å². The lowest BCUT2D eigenvalue weighted by Gasteiger charge is -2.13. The van der Waals surface area contributed by atoms with E-state index in [1.165, 1.54) is 11.3 Å². The molecule has 1 aromatic rings. The minimum absolute atomic E-state index is 0.528. The van der Waals surface area contributed by atoms with Crippen molar-refractivity contribution in [2.45, 2.75) is 27.3 Å². The molecule has 0 fully saturated rings. The topological polar surface area (TPSA) is 39.1 Å². The maximum absolute atomic E-state index is 5.03. The van der Waals surface area contributed by atoms with Gasteiger partial charge in [-0.1, -0.05) is 19.4 Å². The van der Waals surface area contributed by atoms with Crippen LogP contribution in [0.15, 0.2) is 17.8 Å². The molecule has 0 saturated heterocycles. The number of methoxy groups -OCH3 is 1. The van der Waals surface area contributed by atoms with Crippen LogP contribution in [0.2, 0.25) is 0 Å². The number of aromatic nitrogens is 2. The molecule has 0 spiro atoms. The van der Waals surface area contributed by atoms with Crippen molar-refractivity contribution in [1.82, 2.24) is 15.1 Å². The van der Waals surface area contributed by atoms with Crippen molar-refractivity contribution in [3.8, 4) is 0 Å². The van der Waals surface area contributed by atoms with Crippen LogP contribution < -0.4 is 5.32 Å². The molecule has 0 radical (unpaired) electrons. The molecule has 0 atom stereocenters. The Kier molecular flexibility index (Phi) is 6.68. The minimum Gasteiger partial charge on any atom is -0.383 e. The van der Waals surface area contributed by atoms with Gasteiger partial charge in [-0.25, -0.2) is 0 Å². The zero-order chi connectivity index (χ0) is 13.4. The number of hydrogen-bond acceptors (Lipinski definition) is 3. The molecular formula is C14H25N3O. The van der Waals surface area contributed by atoms with Crippen LogP contribution in [-0.2, 0) is 11.3 Å². The molecule has 0 aliphatic heterocycles. The molecule has 0 saturated carbocycles. The Morgan fingerprint density at radius 1 is 1.56 bits per heavy atom. The van der Waals surface area contributed by atoms with E-state index in [9.17, 15) is 0 Å². The first-order valence-corrected chi connectivity index (χ1v) is 6.61. The molecule has 0 unspecified atom stereocenters. The van der Waals surface area contributed by atoms with Gasteiger partial charge in [-0.05, 0) is 25.0 Å². The summed E-state index contributed by atoms with van der Waals surface area (Å²) in [5, 5.41) is 7.68. The molecule has 18 heavy (non-hydrogen) atoms. The third-order valence-electron chi connectivity index (χ3n) is 2.94. The Bertz CT molecular complexity index is 369. The van der Waals surface area contributed by atoms with Crippen molar-refractivity contribution in [1.29, 1.82) is 0 Å². The van der Waals surface area contributed by atoms with Gasteiger partial charge in [0, 0.05) is 32.9 Å². The highest BCUT2D eigenvalue weighted by molar-refractivity contribution is 5.50. The molecule has 102 valence electrons. The van der Waals surface area contributed by atoms with Crippen LogP contribution >= 0.6 is 0 Å². The smallest absolute Gasteiger partial charge is 0.0609 e. The van der Waals surface area contributed by atoms with E-state index < -0.39 is 0 Å². The minimum atomic E-state index is 0.528. The zero-order valence-corrected chi connectivity index (χ0v) is 11.9. The molecule has 1 heterocycles. The highest BCUT2D eigenvalue weighted by Crippen LogP contribution is 2.13. The average molecular weight is 251 g/mol. The van der Waals surface area contributed by atoms with Crippen molar-refractivity contribution in [2.24, 2.45) is 5.92 Å². The van der Waals surface area contributed by atoms with Crippen LogP contribution in [0.4, 0.5) is 0 Å². The van der Waals surface area contributed by atoms with Gasteiger partial charge in [0.05, 0.1) is 12.3 Å². The van der Waals surface area contributed by atoms with E-state index in [4.69, 9.17) is 4.74 Å². The van der Waals surface area contributed by atoms with E-state index >= 15 is 0 Å². The molecule has 4 nitrogen and oxygen atoms in total. The zero-order valence-electron chi connectivity index (χ0n) is 11.9. The Balaban J connectivity index is 2.66. The lowest BCUT2D eigenvalue weighted by Crippen LogP contribution is -2.23. The van der Waals surface area contributed by atoms with Gasteiger partial charge in [0.25, 0.3) is 0 Å². The first-order chi connectivity index (χ1) is 8.69. The van der Waals surface area contributed by atoms with Crippen molar-refractivity contribution in [3.63, 3.8) is 0 Å². The molecule has 0 aliphatic carbocycles. The van der Waals surface area contributed by atoms with Crippen molar-refractivity contribution < 1.29 is 4.74 Å². The lowest BCUT2D eigenvalue weighted by molar-refractivity contribution is 0.200. The number of nitrogens with zero attached hydrogens (tertiary/aromatic N) is 2. The molecule has 4 heteroatoms. The van der Waals surface area contributed by atoms with Crippen LogP contribution in [-0.4, -0.2) is 36.6 Å². The average Bonchev–Trinajstić information content (AvgIpc) is 2.80. The summed E-state index contributed by atoms with van der Waals surface area (Å²) >= 11 is 0. The Morgan fingerprint density at radius 3 is 2.94 bits per heavy atom. The van der Waals surface area contributed by atoms with Gasteiger partial charge < -0.3 is 10.1 Å². The molecule has 1 aromatic heterocycles.